The SMILES string of the molecule is NC(c1cccc(I)c1)c1cccc2c1OCCC2. The van der Waals surface area contributed by atoms with Gasteiger partial charge < -0.3 is 10.5 Å². The van der Waals surface area contributed by atoms with Gasteiger partial charge in [-0.05, 0) is 58.7 Å². The van der Waals surface area contributed by atoms with E-state index in [-0.39, 0.29) is 6.04 Å². The van der Waals surface area contributed by atoms with Crippen LogP contribution in [0.4, 0.5) is 0 Å². The Balaban J connectivity index is 2.02. The molecule has 0 spiro atoms. The summed E-state index contributed by atoms with van der Waals surface area (Å²) in [7, 11) is 0. The summed E-state index contributed by atoms with van der Waals surface area (Å²) in [6, 6.07) is 14.5. The van der Waals surface area contributed by atoms with Crippen LogP contribution in [0.25, 0.3) is 0 Å². The minimum atomic E-state index is -0.122. The van der Waals surface area contributed by atoms with E-state index in [0.29, 0.717) is 0 Å². The van der Waals surface area contributed by atoms with Crippen LogP contribution in [0.15, 0.2) is 42.5 Å². The van der Waals surface area contributed by atoms with Crippen LogP contribution in [0, 0.1) is 3.57 Å². The van der Waals surface area contributed by atoms with Gasteiger partial charge in [-0.3, -0.25) is 0 Å². The molecule has 0 bridgehead atoms. The lowest BCUT2D eigenvalue weighted by atomic mass is 9.94. The van der Waals surface area contributed by atoms with Crippen molar-refractivity contribution < 1.29 is 4.74 Å². The van der Waals surface area contributed by atoms with E-state index in [1.54, 1.807) is 0 Å². The smallest absolute Gasteiger partial charge is 0.127 e. The van der Waals surface area contributed by atoms with E-state index in [4.69, 9.17) is 10.5 Å². The van der Waals surface area contributed by atoms with Crippen LogP contribution in [0.2, 0.25) is 0 Å². The summed E-state index contributed by atoms with van der Waals surface area (Å²) >= 11 is 2.31. The average molecular weight is 365 g/mol. The Morgan fingerprint density at radius 3 is 2.84 bits per heavy atom. The molecule has 0 saturated heterocycles. The predicted molar refractivity (Wildman–Crippen MR) is 85.4 cm³/mol. The Morgan fingerprint density at radius 1 is 1.16 bits per heavy atom. The Hall–Kier alpha value is -1.07. The summed E-state index contributed by atoms with van der Waals surface area (Å²) in [5.41, 5.74) is 9.94. The third-order valence-corrected chi connectivity index (χ3v) is 4.18. The number of fused-ring (bicyclic) bond motifs is 1. The van der Waals surface area contributed by atoms with Crippen molar-refractivity contribution in [3.05, 3.63) is 62.7 Å². The van der Waals surface area contributed by atoms with E-state index in [0.717, 1.165) is 36.3 Å². The highest BCUT2D eigenvalue weighted by Crippen LogP contribution is 2.34. The summed E-state index contributed by atoms with van der Waals surface area (Å²) in [4.78, 5) is 0. The fraction of sp³-hybridized carbons (Fsp3) is 0.250. The Kier molecular flexibility index (Phi) is 3.75. The summed E-state index contributed by atoms with van der Waals surface area (Å²) < 4.78 is 7.05. The topological polar surface area (TPSA) is 35.2 Å². The molecular weight excluding hydrogens is 349 g/mol. The first-order chi connectivity index (χ1) is 9.25. The number of benzene rings is 2. The number of ether oxygens (including phenoxy) is 1. The maximum atomic E-state index is 6.43. The molecule has 1 heterocycles. The molecule has 1 aliphatic rings. The van der Waals surface area contributed by atoms with Crippen LogP contribution >= 0.6 is 22.6 Å². The molecule has 2 nitrogen and oxygen atoms in total. The number of para-hydroxylation sites is 1. The molecule has 0 amide bonds. The highest BCUT2D eigenvalue weighted by Gasteiger charge is 2.19. The second-order valence-corrected chi connectivity index (χ2v) is 6.07. The van der Waals surface area contributed by atoms with Crippen molar-refractivity contribution in [2.45, 2.75) is 18.9 Å². The summed E-state index contributed by atoms with van der Waals surface area (Å²) in [6.45, 7) is 0.795. The van der Waals surface area contributed by atoms with Crippen LogP contribution in [-0.2, 0) is 6.42 Å². The largest absolute Gasteiger partial charge is 0.493 e. The van der Waals surface area contributed by atoms with E-state index in [9.17, 15) is 0 Å². The monoisotopic (exact) mass is 365 g/mol. The minimum Gasteiger partial charge on any atom is -0.493 e. The first-order valence-corrected chi connectivity index (χ1v) is 7.59. The van der Waals surface area contributed by atoms with Crippen LogP contribution in [0.1, 0.15) is 29.2 Å². The molecule has 1 aliphatic heterocycles. The number of aryl methyl sites for hydroxylation is 1. The van der Waals surface area contributed by atoms with Crippen molar-refractivity contribution in [1.29, 1.82) is 0 Å². The first-order valence-electron chi connectivity index (χ1n) is 6.51. The quantitative estimate of drug-likeness (QED) is 0.825. The maximum Gasteiger partial charge on any atom is 0.127 e. The molecule has 0 radical (unpaired) electrons. The van der Waals surface area contributed by atoms with E-state index < -0.39 is 0 Å². The van der Waals surface area contributed by atoms with Gasteiger partial charge >= 0.3 is 0 Å². The third kappa shape index (κ3) is 2.62. The van der Waals surface area contributed by atoms with Crippen LogP contribution in [0.5, 0.6) is 5.75 Å². The number of rotatable bonds is 2. The van der Waals surface area contributed by atoms with Gasteiger partial charge in [-0.2, -0.15) is 0 Å². The Morgan fingerprint density at radius 2 is 2.00 bits per heavy atom. The highest BCUT2D eigenvalue weighted by atomic mass is 127. The minimum absolute atomic E-state index is 0.122. The van der Waals surface area contributed by atoms with Gasteiger partial charge in [-0.25, -0.2) is 0 Å². The highest BCUT2D eigenvalue weighted by molar-refractivity contribution is 14.1. The van der Waals surface area contributed by atoms with Crippen molar-refractivity contribution >= 4 is 22.6 Å². The zero-order valence-electron chi connectivity index (χ0n) is 10.6. The molecule has 0 aromatic heterocycles. The third-order valence-electron chi connectivity index (χ3n) is 3.51. The van der Waals surface area contributed by atoms with Crippen molar-refractivity contribution in [1.82, 2.24) is 0 Å². The normalized spacial score (nSPS) is 15.5. The molecule has 1 atom stereocenters. The molecule has 3 rings (SSSR count). The molecule has 2 aromatic carbocycles. The fourth-order valence-electron chi connectivity index (χ4n) is 2.54. The number of hydrogen-bond acceptors (Lipinski definition) is 2. The van der Waals surface area contributed by atoms with E-state index in [1.807, 2.05) is 6.07 Å². The Labute approximate surface area is 127 Å². The van der Waals surface area contributed by atoms with Gasteiger partial charge in [0.15, 0.2) is 0 Å². The number of nitrogens with two attached hydrogens (primary N) is 1. The van der Waals surface area contributed by atoms with Gasteiger partial charge in [-0.1, -0.05) is 30.3 Å². The second-order valence-electron chi connectivity index (χ2n) is 4.82. The average Bonchev–Trinajstić information content (AvgIpc) is 2.46. The van der Waals surface area contributed by atoms with Crippen LogP contribution < -0.4 is 10.5 Å². The molecule has 1 unspecified atom stereocenters. The van der Waals surface area contributed by atoms with Gasteiger partial charge in [0.05, 0.1) is 12.6 Å². The van der Waals surface area contributed by atoms with Crippen molar-refractivity contribution in [3.8, 4) is 5.75 Å². The molecule has 3 heteroatoms. The molecule has 0 fully saturated rings. The van der Waals surface area contributed by atoms with Gasteiger partial charge in [0.2, 0.25) is 0 Å². The zero-order valence-corrected chi connectivity index (χ0v) is 12.8. The number of hydrogen-bond donors (Lipinski definition) is 1. The standard InChI is InChI=1S/C16H16INO/c17-13-7-1-5-12(10-13)15(18)14-8-2-4-11-6-3-9-19-16(11)14/h1-2,4-5,7-8,10,15H,3,6,9,18H2. The first kappa shape index (κ1) is 12.9. The second kappa shape index (κ2) is 5.51. The fourth-order valence-corrected chi connectivity index (χ4v) is 3.11. The van der Waals surface area contributed by atoms with Crippen molar-refractivity contribution in [3.63, 3.8) is 0 Å². The lowest BCUT2D eigenvalue weighted by Gasteiger charge is -2.23. The molecule has 98 valence electrons. The van der Waals surface area contributed by atoms with Gasteiger partial charge in [0.1, 0.15) is 5.75 Å². The molecule has 2 aromatic rings. The number of halogens is 1. The Bertz CT molecular complexity index is 597. The van der Waals surface area contributed by atoms with Gasteiger partial charge in [0, 0.05) is 9.13 Å². The molecule has 0 aliphatic carbocycles. The van der Waals surface area contributed by atoms with Gasteiger partial charge in [-0.15, -0.1) is 0 Å². The zero-order chi connectivity index (χ0) is 13.2. The predicted octanol–water partition coefficient (Wildman–Crippen LogP) is 3.66. The molecule has 19 heavy (non-hydrogen) atoms. The summed E-state index contributed by atoms with van der Waals surface area (Å²) in [5, 5.41) is 0. The molecule has 0 saturated carbocycles. The lowest BCUT2D eigenvalue weighted by molar-refractivity contribution is 0.284. The van der Waals surface area contributed by atoms with Crippen molar-refractivity contribution in [2.24, 2.45) is 5.73 Å². The van der Waals surface area contributed by atoms with E-state index >= 15 is 0 Å². The molecule has 2 N–H and O–H groups in total. The lowest BCUT2D eigenvalue weighted by Crippen LogP contribution is -2.17. The molecular formula is C16H16INO. The van der Waals surface area contributed by atoms with Crippen LogP contribution in [0.3, 0.4) is 0 Å². The summed E-state index contributed by atoms with van der Waals surface area (Å²) in [5.74, 6) is 1.00. The van der Waals surface area contributed by atoms with E-state index in [2.05, 4.69) is 59.0 Å². The van der Waals surface area contributed by atoms with Gasteiger partial charge in [0.25, 0.3) is 0 Å². The maximum absolute atomic E-state index is 6.43. The van der Waals surface area contributed by atoms with Crippen LogP contribution in [-0.4, -0.2) is 6.61 Å². The van der Waals surface area contributed by atoms with E-state index in [1.165, 1.54) is 9.13 Å². The summed E-state index contributed by atoms with van der Waals surface area (Å²) in [6.07, 6.45) is 2.18. The van der Waals surface area contributed by atoms with Crippen molar-refractivity contribution in [2.75, 3.05) is 6.61 Å².